The Bertz CT molecular complexity index is 710. The largest absolute Gasteiger partial charge is 0.468 e. The third kappa shape index (κ3) is 4.03. The lowest BCUT2D eigenvalue weighted by atomic mass is 9.64. The van der Waals surface area contributed by atoms with Crippen molar-refractivity contribution >= 4 is 11.9 Å². The Morgan fingerprint density at radius 1 is 0.852 bits per heavy atom. The van der Waals surface area contributed by atoms with Crippen LogP contribution in [0.4, 0.5) is 0 Å². The molecule has 142 valence electrons. The van der Waals surface area contributed by atoms with Crippen LogP contribution in [-0.2, 0) is 32.2 Å². The van der Waals surface area contributed by atoms with Crippen LogP contribution >= 0.6 is 0 Å². The second-order valence-corrected chi connectivity index (χ2v) is 7.00. The summed E-state index contributed by atoms with van der Waals surface area (Å²) >= 11 is 0. The van der Waals surface area contributed by atoms with Gasteiger partial charge in [-0.1, -0.05) is 60.7 Å². The van der Waals surface area contributed by atoms with Crippen LogP contribution in [0.1, 0.15) is 24.0 Å². The van der Waals surface area contributed by atoms with E-state index in [1.54, 1.807) is 0 Å². The fourth-order valence-electron chi connectivity index (χ4n) is 3.76. The van der Waals surface area contributed by atoms with E-state index in [0.29, 0.717) is 12.8 Å². The molecule has 5 heteroatoms. The number of esters is 2. The van der Waals surface area contributed by atoms with Gasteiger partial charge in [-0.05, 0) is 24.0 Å². The quantitative estimate of drug-likeness (QED) is 0.556. The predicted octanol–water partition coefficient (Wildman–Crippen LogP) is 3.18. The van der Waals surface area contributed by atoms with Gasteiger partial charge in [-0.15, -0.1) is 0 Å². The van der Waals surface area contributed by atoms with Crippen molar-refractivity contribution in [2.45, 2.75) is 32.0 Å². The lowest BCUT2D eigenvalue weighted by Crippen LogP contribution is -2.58. The van der Waals surface area contributed by atoms with Crippen LogP contribution in [0.5, 0.6) is 0 Å². The molecule has 0 bridgehead atoms. The molecule has 0 heterocycles. The Kier molecular flexibility index (Phi) is 5.91. The fraction of sp³-hybridized carbons (Fsp3) is 0.364. The van der Waals surface area contributed by atoms with Gasteiger partial charge in [0.2, 0.25) is 0 Å². The van der Waals surface area contributed by atoms with Crippen LogP contribution in [0.2, 0.25) is 0 Å². The molecule has 2 aromatic carbocycles. The molecule has 1 aliphatic rings. The van der Waals surface area contributed by atoms with Crippen molar-refractivity contribution in [3.63, 3.8) is 0 Å². The van der Waals surface area contributed by atoms with Crippen LogP contribution in [0.15, 0.2) is 60.7 Å². The minimum absolute atomic E-state index is 0.101. The fourth-order valence-corrected chi connectivity index (χ4v) is 3.76. The Morgan fingerprint density at radius 2 is 1.26 bits per heavy atom. The van der Waals surface area contributed by atoms with E-state index in [1.165, 1.54) is 25.3 Å². The first kappa shape index (κ1) is 19.1. The van der Waals surface area contributed by atoms with Crippen molar-refractivity contribution in [3.05, 3.63) is 71.8 Å². The number of carbonyl (C=O) groups excluding carboxylic acids is 2. The van der Waals surface area contributed by atoms with Gasteiger partial charge in [0.15, 0.2) is 5.41 Å². The van der Waals surface area contributed by atoms with Gasteiger partial charge >= 0.3 is 11.9 Å². The maximum Gasteiger partial charge on any atom is 0.323 e. The molecule has 0 aliphatic heterocycles. The highest BCUT2D eigenvalue weighted by Gasteiger charge is 2.59. The number of nitrogens with zero attached hydrogens (tertiary/aromatic N) is 1. The summed E-state index contributed by atoms with van der Waals surface area (Å²) in [7, 11) is 2.62. The molecule has 0 aromatic heterocycles. The summed E-state index contributed by atoms with van der Waals surface area (Å²) in [5, 5.41) is 0. The molecule has 3 rings (SSSR count). The molecule has 0 N–H and O–H groups in total. The Morgan fingerprint density at radius 3 is 1.63 bits per heavy atom. The van der Waals surface area contributed by atoms with Crippen LogP contribution in [0.25, 0.3) is 0 Å². The standard InChI is InChI=1S/C22H25NO4/c1-26-20(24)22(21(25)27-2)13-19(14-22)23(15-17-9-5-3-6-10-17)16-18-11-7-4-8-12-18/h3-12,19H,13-16H2,1-2H3. The zero-order chi connectivity index (χ0) is 19.3. The number of ether oxygens (including phenoxy) is 2. The minimum atomic E-state index is -1.18. The van der Waals surface area contributed by atoms with Crippen LogP contribution in [-0.4, -0.2) is 37.1 Å². The van der Waals surface area contributed by atoms with Crippen molar-refractivity contribution in [1.29, 1.82) is 0 Å². The normalized spacial score (nSPS) is 15.8. The third-order valence-corrected chi connectivity index (χ3v) is 5.29. The van der Waals surface area contributed by atoms with E-state index in [0.717, 1.165) is 13.1 Å². The van der Waals surface area contributed by atoms with Crippen LogP contribution in [0.3, 0.4) is 0 Å². The Balaban J connectivity index is 1.79. The molecule has 5 nitrogen and oxygen atoms in total. The lowest BCUT2D eigenvalue weighted by molar-refractivity contribution is -0.182. The maximum absolute atomic E-state index is 12.3. The number of benzene rings is 2. The number of hydrogen-bond acceptors (Lipinski definition) is 5. The topological polar surface area (TPSA) is 55.8 Å². The van der Waals surface area contributed by atoms with Gasteiger partial charge in [0.05, 0.1) is 14.2 Å². The van der Waals surface area contributed by atoms with Gasteiger partial charge in [0, 0.05) is 19.1 Å². The zero-order valence-electron chi connectivity index (χ0n) is 15.8. The monoisotopic (exact) mass is 367 g/mol. The number of hydrogen-bond donors (Lipinski definition) is 0. The average molecular weight is 367 g/mol. The van der Waals surface area contributed by atoms with Gasteiger partial charge in [0.1, 0.15) is 0 Å². The first-order chi connectivity index (χ1) is 13.1. The van der Waals surface area contributed by atoms with E-state index < -0.39 is 17.4 Å². The SMILES string of the molecule is COC(=O)C1(C(=O)OC)CC(N(Cc2ccccc2)Cc2ccccc2)C1. The minimum Gasteiger partial charge on any atom is -0.468 e. The molecule has 27 heavy (non-hydrogen) atoms. The number of methoxy groups -OCH3 is 2. The molecule has 0 amide bonds. The summed E-state index contributed by atoms with van der Waals surface area (Å²) in [6.07, 6.45) is 0.817. The van der Waals surface area contributed by atoms with Gasteiger partial charge in [0.25, 0.3) is 0 Å². The summed E-state index contributed by atoms with van der Waals surface area (Å²) in [6.45, 7) is 1.50. The zero-order valence-corrected chi connectivity index (χ0v) is 15.8. The third-order valence-electron chi connectivity index (χ3n) is 5.29. The van der Waals surface area contributed by atoms with Crippen molar-refractivity contribution < 1.29 is 19.1 Å². The summed E-state index contributed by atoms with van der Waals surface area (Å²) in [4.78, 5) is 26.8. The number of carbonyl (C=O) groups is 2. The molecular weight excluding hydrogens is 342 g/mol. The lowest BCUT2D eigenvalue weighted by Gasteiger charge is -2.47. The molecule has 1 fully saturated rings. The van der Waals surface area contributed by atoms with E-state index in [1.807, 2.05) is 36.4 Å². The predicted molar refractivity (Wildman–Crippen MR) is 102 cm³/mol. The molecular formula is C22H25NO4. The summed E-state index contributed by atoms with van der Waals surface area (Å²) in [5.41, 5.74) is 1.21. The second kappa shape index (κ2) is 8.35. The molecule has 0 saturated heterocycles. The Labute approximate surface area is 159 Å². The van der Waals surface area contributed by atoms with Gasteiger partial charge in [-0.3, -0.25) is 14.5 Å². The van der Waals surface area contributed by atoms with Crippen molar-refractivity contribution in [2.75, 3.05) is 14.2 Å². The van der Waals surface area contributed by atoms with Crippen LogP contribution < -0.4 is 0 Å². The molecule has 0 radical (unpaired) electrons. The molecule has 0 unspecified atom stereocenters. The molecule has 0 spiro atoms. The summed E-state index contributed by atoms with van der Waals surface area (Å²) in [5.74, 6) is -1.02. The van der Waals surface area contributed by atoms with Crippen molar-refractivity contribution in [2.24, 2.45) is 5.41 Å². The van der Waals surface area contributed by atoms with E-state index in [2.05, 4.69) is 29.2 Å². The Hall–Kier alpha value is -2.66. The molecule has 0 atom stereocenters. The maximum atomic E-state index is 12.3. The second-order valence-electron chi connectivity index (χ2n) is 7.00. The highest BCUT2D eigenvalue weighted by Crippen LogP contribution is 2.46. The molecule has 1 saturated carbocycles. The number of rotatable bonds is 7. The van der Waals surface area contributed by atoms with Crippen LogP contribution in [0, 0.1) is 5.41 Å². The molecule has 1 aliphatic carbocycles. The highest BCUT2D eigenvalue weighted by molar-refractivity contribution is 6.01. The summed E-state index contributed by atoms with van der Waals surface area (Å²) < 4.78 is 9.77. The first-order valence-electron chi connectivity index (χ1n) is 9.08. The summed E-state index contributed by atoms with van der Waals surface area (Å²) in [6, 6.07) is 20.5. The van der Waals surface area contributed by atoms with Gasteiger partial charge < -0.3 is 9.47 Å². The van der Waals surface area contributed by atoms with E-state index in [9.17, 15) is 9.59 Å². The van der Waals surface area contributed by atoms with E-state index >= 15 is 0 Å². The van der Waals surface area contributed by atoms with Crippen molar-refractivity contribution in [1.82, 2.24) is 4.90 Å². The molecule has 2 aromatic rings. The van der Waals surface area contributed by atoms with Gasteiger partial charge in [-0.2, -0.15) is 0 Å². The van der Waals surface area contributed by atoms with E-state index in [-0.39, 0.29) is 6.04 Å². The smallest absolute Gasteiger partial charge is 0.323 e. The highest BCUT2D eigenvalue weighted by atomic mass is 16.5. The average Bonchev–Trinajstić information content (AvgIpc) is 2.68. The van der Waals surface area contributed by atoms with Gasteiger partial charge in [-0.25, -0.2) is 0 Å². The van der Waals surface area contributed by atoms with Crippen molar-refractivity contribution in [3.8, 4) is 0 Å². The first-order valence-corrected chi connectivity index (χ1v) is 9.08. The van der Waals surface area contributed by atoms with E-state index in [4.69, 9.17) is 9.47 Å².